The van der Waals surface area contributed by atoms with Crippen LogP contribution in [-0.2, 0) is 0 Å². The molecule has 126 valence electrons. The third kappa shape index (κ3) is 4.32. The highest BCUT2D eigenvalue weighted by Crippen LogP contribution is 2.19. The summed E-state index contributed by atoms with van der Waals surface area (Å²) >= 11 is 5.17. The molecule has 4 nitrogen and oxygen atoms in total. The molecule has 0 saturated heterocycles. The lowest BCUT2D eigenvalue weighted by Crippen LogP contribution is -2.34. The van der Waals surface area contributed by atoms with E-state index in [-0.39, 0.29) is 11.0 Å². The lowest BCUT2D eigenvalue weighted by atomic mass is 10.0. The number of nitriles is 1. The van der Waals surface area contributed by atoms with E-state index in [0.717, 1.165) is 11.1 Å². The second-order valence-corrected chi connectivity index (χ2v) is 5.95. The lowest BCUT2D eigenvalue weighted by molar-refractivity contribution is 0.0978. The second kappa shape index (κ2) is 8.06. The van der Waals surface area contributed by atoms with Gasteiger partial charge in [-0.1, -0.05) is 48.5 Å². The van der Waals surface area contributed by atoms with E-state index in [0.29, 0.717) is 16.8 Å². The maximum Gasteiger partial charge on any atom is 0.257 e. The van der Waals surface area contributed by atoms with E-state index in [1.54, 1.807) is 36.4 Å². The third-order valence-corrected chi connectivity index (χ3v) is 3.93. The topological polar surface area (TPSA) is 64.9 Å². The van der Waals surface area contributed by atoms with Gasteiger partial charge in [-0.25, -0.2) is 0 Å². The normalized spacial score (nSPS) is 9.81. The minimum atomic E-state index is -0.293. The third-order valence-electron chi connectivity index (χ3n) is 3.73. The summed E-state index contributed by atoms with van der Waals surface area (Å²) < 4.78 is 0. The smallest absolute Gasteiger partial charge is 0.257 e. The molecule has 0 fully saturated rings. The van der Waals surface area contributed by atoms with Crippen LogP contribution in [0.1, 0.15) is 15.9 Å². The van der Waals surface area contributed by atoms with Crippen molar-refractivity contribution in [3.63, 3.8) is 0 Å². The van der Waals surface area contributed by atoms with Gasteiger partial charge in [0.05, 0.1) is 11.6 Å². The minimum Gasteiger partial charge on any atom is -0.332 e. The summed E-state index contributed by atoms with van der Waals surface area (Å²) in [6, 6.07) is 26.2. The van der Waals surface area contributed by atoms with Crippen molar-refractivity contribution in [3.8, 4) is 17.2 Å². The number of amides is 1. The molecule has 3 rings (SSSR count). The number of benzene rings is 3. The summed E-state index contributed by atoms with van der Waals surface area (Å²) in [7, 11) is 0. The lowest BCUT2D eigenvalue weighted by Gasteiger charge is -2.10. The number of hydrogen-bond acceptors (Lipinski definition) is 3. The van der Waals surface area contributed by atoms with Gasteiger partial charge in [-0.2, -0.15) is 5.26 Å². The fourth-order valence-corrected chi connectivity index (χ4v) is 2.66. The quantitative estimate of drug-likeness (QED) is 0.684. The molecule has 2 N–H and O–H groups in total. The molecular weight excluding hydrogens is 342 g/mol. The van der Waals surface area contributed by atoms with Gasteiger partial charge in [0.1, 0.15) is 0 Å². The van der Waals surface area contributed by atoms with Crippen molar-refractivity contribution in [2.75, 3.05) is 5.32 Å². The predicted octanol–water partition coefficient (Wildman–Crippen LogP) is 4.35. The van der Waals surface area contributed by atoms with E-state index in [1.165, 1.54) is 0 Å². The zero-order valence-electron chi connectivity index (χ0n) is 13.8. The van der Waals surface area contributed by atoms with Crippen LogP contribution >= 0.6 is 12.2 Å². The van der Waals surface area contributed by atoms with Crippen LogP contribution < -0.4 is 10.6 Å². The highest BCUT2D eigenvalue weighted by atomic mass is 32.1. The number of thiocarbonyl (C=S) groups is 1. The van der Waals surface area contributed by atoms with E-state index < -0.39 is 0 Å². The van der Waals surface area contributed by atoms with Crippen molar-refractivity contribution in [1.82, 2.24) is 5.32 Å². The highest BCUT2D eigenvalue weighted by Gasteiger charge is 2.08. The van der Waals surface area contributed by atoms with E-state index in [2.05, 4.69) is 16.7 Å². The van der Waals surface area contributed by atoms with Crippen LogP contribution in [0, 0.1) is 11.3 Å². The molecule has 0 aliphatic heterocycles. The largest absolute Gasteiger partial charge is 0.332 e. The van der Waals surface area contributed by atoms with Crippen LogP contribution in [-0.4, -0.2) is 11.0 Å². The summed E-state index contributed by atoms with van der Waals surface area (Å²) in [5.74, 6) is -0.293. The average Bonchev–Trinajstić information content (AvgIpc) is 2.69. The van der Waals surface area contributed by atoms with Gasteiger partial charge >= 0.3 is 0 Å². The van der Waals surface area contributed by atoms with Gasteiger partial charge in [-0.3, -0.25) is 10.1 Å². The van der Waals surface area contributed by atoms with Crippen LogP contribution in [0.15, 0.2) is 78.9 Å². The SMILES string of the molecule is N#Cc1cccc(NC(=S)NC(=O)c2ccc(-c3ccccc3)cc2)c1. The molecule has 26 heavy (non-hydrogen) atoms. The first-order valence-corrected chi connectivity index (χ1v) is 8.34. The molecule has 0 aromatic heterocycles. The summed E-state index contributed by atoms with van der Waals surface area (Å²) in [5, 5.41) is 14.6. The van der Waals surface area contributed by atoms with Gasteiger partial charge in [0.2, 0.25) is 0 Å². The predicted molar refractivity (Wildman–Crippen MR) is 107 cm³/mol. The van der Waals surface area contributed by atoms with Crippen LogP contribution in [0.4, 0.5) is 5.69 Å². The second-order valence-electron chi connectivity index (χ2n) is 5.54. The number of rotatable bonds is 3. The Hall–Kier alpha value is -3.49. The molecular formula is C21H15N3OS. The fraction of sp³-hybridized carbons (Fsp3) is 0. The molecule has 0 unspecified atom stereocenters. The first kappa shape index (κ1) is 17.3. The zero-order valence-corrected chi connectivity index (χ0v) is 14.6. The Labute approximate surface area is 157 Å². The van der Waals surface area contributed by atoms with Gasteiger partial charge in [-0.15, -0.1) is 0 Å². The van der Waals surface area contributed by atoms with Crippen LogP contribution in [0.25, 0.3) is 11.1 Å². The maximum atomic E-state index is 12.3. The Kier molecular flexibility index (Phi) is 5.37. The van der Waals surface area contributed by atoms with E-state index in [1.807, 2.05) is 42.5 Å². The number of hydrogen-bond donors (Lipinski definition) is 2. The van der Waals surface area contributed by atoms with E-state index in [9.17, 15) is 4.79 Å². The maximum absolute atomic E-state index is 12.3. The van der Waals surface area contributed by atoms with E-state index in [4.69, 9.17) is 17.5 Å². The van der Waals surface area contributed by atoms with Crippen LogP contribution in [0.5, 0.6) is 0 Å². The van der Waals surface area contributed by atoms with Crippen LogP contribution in [0.2, 0.25) is 0 Å². The number of carbonyl (C=O) groups excluding carboxylic acids is 1. The number of nitrogens with zero attached hydrogens (tertiary/aromatic N) is 1. The molecule has 0 radical (unpaired) electrons. The Bertz CT molecular complexity index is 976. The van der Waals surface area contributed by atoms with Gasteiger partial charge < -0.3 is 5.32 Å². The van der Waals surface area contributed by atoms with Gasteiger partial charge in [0, 0.05) is 11.3 Å². The molecule has 0 aliphatic rings. The molecule has 3 aromatic rings. The molecule has 0 aliphatic carbocycles. The standard InChI is InChI=1S/C21H15N3OS/c22-14-15-5-4-8-19(13-15)23-21(26)24-20(25)18-11-9-17(10-12-18)16-6-2-1-3-7-16/h1-13H,(H2,23,24,25,26). The van der Waals surface area contributed by atoms with E-state index >= 15 is 0 Å². The average molecular weight is 357 g/mol. The summed E-state index contributed by atoms with van der Waals surface area (Å²) in [6.45, 7) is 0. The molecule has 0 spiro atoms. The summed E-state index contributed by atoms with van der Waals surface area (Å²) in [5.41, 5.74) is 3.80. The minimum absolute atomic E-state index is 0.178. The molecule has 0 saturated carbocycles. The molecule has 5 heteroatoms. The molecule has 0 heterocycles. The molecule has 3 aromatic carbocycles. The van der Waals surface area contributed by atoms with Crippen molar-refractivity contribution < 1.29 is 4.79 Å². The van der Waals surface area contributed by atoms with Crippen molar-refractivity contribution in [2.45, 2.75) is 0 Å². The Morgan fingerprint density at radius 1 is 0.885 bits per heavy atom. The Morgan fingerprint density at radius 3 is 2.27 bits per heavy atom. The highest BCUT2D eigenvalue weighted by molar-refractivity contribution is 7.80. The summed E-state index contributed by atoms with van der Waals surface area (Å²) in [6.07, 6.45) is 0. The zero-order chi connectivity index (χ0) is 18.4. The van der Waals surface area contributed by atoms with Crippen molar-refractivity contribution >= 4 is 28.9 Å². The number of anilines is 1. The van der Waals surface area contributed by atoms with Gasteiger partial charge in [-0.05, 0) is 53.7 Å². The first-order valence-electron chi connectivity index (χ1n) is 7.94. The molecule has 1 amide bonds. The van der Waals surface area contributed by atoms with Crippen LogP contribution in [0.3, 0.4) is 0 Å². The monoisotopic (exact) mass is 357 g/mol. The number of nitrogens with one attached hydrogen (secondary N) is 2. The summed E-state index contributed by atoms with van der Waals surface area (Å²) in [4.78, 5) is 12.3. The van der Waals surface area contributed by atoms with Crippen molar-refractivity contribution in [2.24, 2.45) is 0 Å². The Morgan fingerprint density at radius 2 is 1.58 bits per heavy atom. The van der Waals surface area contributed by atoms with Crippen molar-refractivity contribution in [1.29, 1.82) is 5.26 Å². The molecule has 0 bridgehead atoms. The number of carbonyl (C=O) groups is 1. The Balaban J connectivity index is 1.64. The molecule has 0 atom stereocenters. The fourth-order valence-electron chi connectivity index (χ4n) is 2.45. The first-order chi connectivity index (χ1) is 12.7. The van der Waals surface area contributed by atoms with Crippen molar-refractivity contribution in [3.05, 3.63) is 90.0 Å². The van der Waals surface area contributed by atoms with Gasteiger partial charge in [0.15, 0.2) is 5.11 Å². The van der Waals surface area contributed by atoms with Gasteiger partial charge in [0.25, 0.3) is 5.91 Å².